The van der Waals surface area contributed by atoms with E-state index in [0.29, 0.717) is 24.5 Å². The monoisotopic (exact) mass is 336 g/mol. The number of amides is 1. The zero-order chi connectivity index (χ0) is 17.3. The number of hydroxylamine groups is 1. The first kappa shape index (κ1) is 17.2. The fraction of sp³-hybridized carbons (Fsp3) is 0.588. The van der Waals surface area contributed by atoms with Gasteiger partial charge in [-0.3, -0.25) is 14.9 Å². The Morgan fingerprint density at radius 1 is 1.46 bits per heavy atom. The first-order valence-corrected chi connectivity index (χ1v) is 8.20. The predicted molar refractivity (Wildman–Crippen MR) is 85.7 cm³/mol. The summed E-state index contributed by atoms with van der Waals surface area (Å²) in [5.74, 6) is 0.245. The van der Waals surface area contributed by atoms with Gasteiger partial charge in [0.15, 0.2) is 0 Å². The average molecular weight is 336 g/mol. The van der Waals surface area contributed by atoms with Crippen molar-refractivity contribution in [2.75, 3.05) is 13.7 Å². The first-order chi connectivity index (χ1) is 11.5. The fourth-order valence-electron chi connectivity index (χ4n) is 3.35. The number of hydrogen-bond donors (Lipinski definition) is 3. The smallest absolute Gasteiger partial charge is 0.274 e. The molecule has 1 saturated carbocycles. The van der Waals surface area contributed by atoms with E-state index in [0.717, 1.165) is 18.4 Å². The van der Waals surface area contributed by atoms with Crippen LogP contribution in [0.4, 0.5) is 0 Å². The summed E-state index contributed by atoms with van der Waals surface area (Å²) in [5, 5.41) is 19.5. The highest BCUT2D eigenvalue weighted by Gasteiger charge is 2.39. The molecule has 132 valence electrons. The van der Waals surface area contributed by atoms with Crippen LogP contribution in [0, 0.1) is 5.92 Å². The van der Waals surface area contributed by atoms with Crippen LogP contribution < -0.4 is 10.2 Å². The first-order valence-electron chi connectivity index (χ1n) is 8.20. The molecule has 3 rings (SSSR count). The number of fused-ring (bicyclic) bond motifs is 1. The molecule has 0 spiro atoms. The molecule has 2 atom stereocenters. The van der Waals surface area contributed by atoms with Crippen molar-refractivity contribution >= 4 is 5.91 Å². The van der Waals surface area contributed by atoms with Crippen LogP contribution in [0.15, 0.2) is 18.2 Å². The van der Waals surface area contributed by atoms with Crippen molar-refractivity contribution in [3.05, 3.63) is 29.3 Å². The molecule has 0 saturated heterocycles. The molecule has 1 aliphatic carbocycles. The number of aliphatic hydroxyl groups excluding tert-OH is 1. The van der Waals surface area contributed by atoms with Gasteiger partial charge in [-0.1, -0.05) is 6.07 Å². The van der Waals surface area contributed by atoms with Gasteiger partial charge in [0, 0.05) is 36.7 Å². The van der Waals surface area contributed by atoms with Crippen molar-refractivity contribution in [3.63, 3.8) is 0 Å². The maximum atomic E-state index is 11.5. The van der Waals surface area contributed by atoms with E-state index >= 15 is 0 Å². The molecule has 0 aromatic heterocycles. The number of hydrogen-bond acceptors (Lipinski definition) is 6. The van der Waals surface area contributed by atoms with Crippen molar-refractivity contribution in [2.45, 2.75) is 44.7 Å². The Morgan fingerprint density at radius 3 is 2.88 bits per heavy atom. The van der Waals surface area contributed by atoms with Crippen LogP contribution in [0.1, 0.15) is 35.7 Å². The molecule has 7 heteroatoms. The second kappa shape index (κ2) is 7.06. The van der Waals surface area contributed by atoms with E-state index in [1.807, 2.05) is 11.8 Å². The third-order valence-corrected chi connectivity index (χ3v) is 5.06. The second-order valence-corrected chi connectivity index (χ2v) is 6.60. The highest BCUT2D eigenvalue weighted by Crippen LogP contribution is 2.36. The molecular weight excluding hydrogens is 312 g/mol. The maximum absolute atomic E-state index is 11.5. The summed E-state index contributed by atoms with van der Waals surface area (Å²) in [6.07, 6.45) is 1.44. The quantitative estimate of drug-likeness (QED) is 0.564. The fourth-order valence-corrected chi connectivity index (χ4v) is 3.35. The van der Waals surface area contributed by atoms with E-state index < -0.39 is 12.1 Å². The third-order valence-electron chi connectivity index (χ3n) is 5.06. The molecule has 0 bridgehead atoms. The second-order valence-electron chi connectivity index (χ2n) is 6.60. The number of aliphatic hydroxyl groups is 1. The van der Waals surface area contributed by atoms with Gasteiger partial charge in [-0.05, 0) is 31.9 Å². The van der Waals surface area contributed by atoms with E-state index in [1.165, 1.54) is 0 Å². The van der Waals surface area contributed by atoms with Gasteiger partial charge in [-0.15, -0.1) is 0 Å². The Hall–Kier alpha value is -1.67. The predicted octanol–water partition coefficient (Wildman–Crippen LogP) is 1.13. The highest BCUT2D eigenvalue weighted by atomic mass is 16.5. The van der Waals surface area contributed by atoms with Crippen molar-refractivity contribution in [1.82, 2.24) is 10.4 Å². The molecule has 1 fully saturated rings. The van der Waals surface area contributed by atoms with Crippen LogP contribution >= 0.6 is 0 Å². The number of benzene rings is 1. The van der Waals surface area contributed by atoms with Gasteiger partial charge < -0.3 is 14.6 Å². The van der Waals surface area contributed by atoms with E-state index in [9.17, 15) is 9.90 Å². The summed E-state index contributed by atoms with van der Waals surface area (Å²) in [7, 11) is 1.70. The number of nitrogens with zero attached hydrogens (tertiary/aromatic N) is 1. The summed E-state index contributed by atoms with van der Waals surface area (Å²) in [5.41, 5.74) is 2.87. The Labute approximate surface area is 141 Å². The number of carbonyl (C=O) groups excluding carboxylic acids is 1. The number of nitrogens with one attached hydrogen (secondary N) is 1. The Bertz CT molecular complexity index is 603. The van der Waals surface area contributed by atoms with Gasteiger partial charge in [0.05, 0.1) is 6.10 Å². The molecule has 2 aliphatic rings. The maximum Gasteiger partial charge on any atom is 0.274 e. The zero-order valence-electron chi connectivity index (χ0n) is 13.9. The number of carbonyl (C=O) groups is 1. The molecule has 7 nitrogen and oxygen atoms in total. The number of methoxy groups -OCH3 is 1. The molecule has 24 heavy (non-hydrogen) atoms. The van der Waals surface area contributed by atoms with Gasteiger partial charge in [-0.2, -0.15) is 0 Å². The third kappa shape index (κ3) is 3.25. The highest BCUT2D eigenvalue weighted by molar-refractivity contribution is 5.93. The van der Waals surface area contributed by atoms with Crippen molar-refractivity contribution < 1.29 is 24.6 Å². The zero-order valence-corrected chi connectivity index (χ0v) is 13.9. The van der Waals surface area contributed by atoms with E-state index in [2.05, 4.69) is 0 Å². The lowest BCUT2D eigenvalue weighted by atomic mass is 9.80. The minimum absolute atomic E-state index is 0.0455. The summed E-state index contributed by atoms with van der Waals surface area (Å²) in [4.78, 5) is 13.6. The molecule has 3 N–H and O–H groups in total. The summed E-state index contributed by atoms with van der Waals surface area (Å²) < 4.78 is 11.1. The summed E-state index contributed by atoms with van der Waals surface area (Å²) in [6.45, 7) is 2.99. The summed E-state index contributed by atoms with van der Waals surface area (Å²) >= 11 is 0. The normalized spacial score (nSPS) is 28.1. The molecule has 1 aliphatic heterocycles. The lowest BCUT2D eigenvalue weighted by Gasteiger charge is -2.43. The minimum atomic E-state index is -0.573. The lowest BCUT2D eigenvalue weighted by molar-refractivity contribution is -0.127. The van der Waals surface area contributed by atoms with Crippen LogP contribution in [-0.2, 0) is 11.3 Å². The average Bonchev–Trinajstić information content (AvgIpc) is 2.72. The topological polar surface area (TPSA) is 91.3 Å². The van der Waals surface area contributed by atoms with Crippen LogP contribution in [0.5, 0.6) is 5.75 Å². The van der Waals surface area contributed by atoms with Gasteiger partial charge >= 0.3 is 0 Å². The molecule has 1 aromatic carbocycles. The van der Waals surface area contributed by atoms with Crippen molar-refractivity contribution in [3.8, 4) is 5.75 Å². The van der Waals surface area contributed by atoms with Gasteiger partial charge in [-0.25, -0.2) is 5.48 Å². The van der Waals surface area contributed by atoms with E-state index in [1.54, 1.807) is 30.8 Å². The van der Waals surface area contributed by atoms with Crippen molar-refractivity contribution in [1.29, 1.82) is 0 Å². The Kier molecular flexibility index (Phi) is 5.05. The van der Waals surface area contributed by atoms with Gasteiger partial charge in [0.1, 0.15) is 18.6 Å². The van der Waals surface area contributed by atoms with Crippen LogP contribution in [-0.4, -0.2) is 53.2 Å². The Morgan fingerprint density at radius 2 is 2.21 bits per heavy atom. The molecule has 1 unspecified atom stereocenters. The number of rotatable bonds is 4. The largest absolute Gasteiger partial charge is 0.492 e. The number of ether oxygens (including phenoxy) is 2. The molecule has 1 amide bonds. The van der Waals surface area contributed by atoms with Crippen LogP contribution in [0.25, 0.3) is 0 Å². The molecular formula is C17H24N2O5. The lowest BCUT2D eigenvalue weighted by Crippen LogP contribution is -2.51. The van der Waals surface area contributed by atoms with Gasteiger partial charge in [0.2, 0.25) is 0 Å². The van der Waals surface area contributed by atoms with E-state index in [-0.39, 0.29) is 18.1 Å². The summed E-state index contributed by atoms with van der Waals surface area (Å²) in [6, 6.07) is 5.10. The molecule has 1 heterocycles. The minimum Gasteiger partial charge on any atom is -0.492 e. The standard InChI is InChI=1S/C17H24N2O5/c1-10-9-24-15-7-11(16(20)18-22)3-4-12(15)8-19(10)17(21)13-5-14(6-13)23-2/h3-4,7,10,13-14,17,21-22H,5-6,8-9H2,1-2H3,(H,18,20)/t10-,13-,14-,17?/m0/s1. The molecule has 0 radical (unpaired) electrons. The van der Waals surface area contributed by atoms with Crippen molar-refractivity contribution in [2.24, 2.45) is 5.92 Å². The Balaban J connectivity index is 1.75. The SMILES string of the molecule is CO[C@H]1C[C@H](C(O)N2Cc3ccc(C(=O)NO)cc3OC[C@@H]2C)C1. The molecule has 1 aromatic rings. The van der Waals surface area contributed by atoms with E-state index in [4.69, 9.17) is 14.7 Å². The van der Waals surface area contributed by atoms with Gasteiger partial charge in [0.25, 0.3) is 5.91 Å². The van der Waals surface area contributed by atoms with Crippen LogP contribution in [0.2, 0.25) is 0 Å². The van der Waals surface area contributed by atoms with Crippen LogP contribution in [0.3, 0.4) is 0 Å².